The molecule has 9 nitrogen and oxygen atoms in total. The summed E-state index contributed by atoms with van der Waals surface area (Å²) in [6.07, 6.45) is 1.67. The average Bonchev–Trinajstić information content (AvgIpc) is 3.17. The number of fused-ring (bicyclic) bond motifs is 1. The number of aromatic nitrogens is 1. The SMILES string of the molecule is CCOC(=O)C1=C(C)N=c2s/c(=C\c3ccc(C(=O)O)cc3)c(=O)n2[C@@H]1c1cc(OC)ccc1OC. The Morgan fingerprint density at radius 2 is 1.86 bits per heavy atom. The number of carbonyl (C=O) groups excluding carboxylic acids is 1. The van der Waals surface area contributed by atoms with Gasteiger partial charge in [0.2, 0.25) is 0 Å². The molecule has 3 aromatic rings. The predicted molar refractivity (Wildman–Crippen MR) is 133 cm³/mol. The first-order valence-electron chi connectivity index (χ1n) is 11.0. The number of carboxylic acid groups (broad SMARTS) is 1. The van der Waals surface area contributed by atoms with Gasteiger partial charge in [0.15, 0.2) is 4.80 Å². The molecule has 0 saturated heterocycles. The number of thiazole rings is 1. The van der Waals surface area contributed by atoms with Crippen molar-refractivity contribution >= 4 is 29.4 Å². The van der Waals surface area contributed by atoms with Crippen LogP contribution in [0, 0.1) is 0 Å². The lowest BCUT2D eigenvalue weighted by Gasteiger charge is -2.26. The third kappa shape index (κ3) is 4.55. The topological polar surface area (TPSA) is 116 Å². The van der Waals surface area contributed by atoms with E-state index in [1.165, 1.54) is 42.3 Å². The summed E-state index contributed by atoms with van der Waals surface area (Å²) in [6.45, 7) is 3.57. The zero-order valence-corrected chi connectivity index (χ0v) is 20.9. The van der Waals surface area contributed by atoms with Gasteiger partial charge in [0.25, 0.3) is 5.56 Å². The van der Waals surface area contributed by atoms with Crippen LogP contribution < -0.4 is 24.4 Å². The molecule has 0 amide bonds. The Balaban J connectivity index is 1.97. The Bertz CT molecular complexity index is 1550. The first-order chi connectivity index (χ1) is 17.3. The summed E-state index contributed by atoms with van der Waals surface area (Å²) < 4.78 is 18.1. The molecule has 2 aromatic carbocycles. The normalized spacial score (nSPS) is 15.2. The van der Waals surface area contributed by atoms with E-state index in [9.17, 15) is 14.4 Å². The molecule has 1 aliphatic heterocycles. The summed E-state index contributed by atoms with van der Waals surface area (Å²) in [5, 5.41) is 9.13. The fourth-order valence-electron chi connectivity index (χ4n) is 4.01. The predicted octanol–water partition coefficient (Wildman–Crippen LogP) is 2.51. The van der Waals surface area contributed by atoms with E-state index in [2.05, 4.69) is 4.99 Å². The third-order valence-corrected chi connectivity index (χ3v) is 6.69. The van der Waals surface area contributed by atoms with E-state index in [4.69, 9.17) is 19.3 Å². The highest BCUT2D eigenvalue weighted by Gasteiger charge is 2.35. The third-order valence-electron chi connectivity index (χ3n) is 5.70. The van der Waals surface area contributed by atoms with E-state index >= 15 is 0 Å². The van der Waals surface area contributed by atoms with Gasteiger partial charge in [-0.3, -0.25) is 9.36 Å². The number of allylic oxidation sites excluding steroid dienone is 1. The summed E-state index contributed by atoms with van der Waals surface area (Å²) in [5.74, 6) is -0.609. The van der Waals surface area contributed by atoms with E-state index in [-0.39, 0.29) is 23.3 Å². The van der Waals surface area contributed by atoms with E-state index in [0.717, 1.165) is 0 Å². The number of methoxy groups -OCH3 is 2. The molecule has 1 aromatic heterocycles. The first kappa shape index (κ1) is 24.9. The second-order valence-electron chi connectivity index (χ2n) is 7.84. The molecule has 2 heterocycles. The number of aromatic carboxylic acids is 1. The molecule has 186 valence electrons. The summed E-state index contributed by atoms with van der Waals surface area (Å²) in [5.41, 5.74) is 1.66. The van der Waals surface area contributed by atoms with Gasteiger partial charge >= 0.3 is 11.9 Å². The van der Waals surface area contributed by atoms with E-state index in [1.54, 1.807) is 50.3 Å². The van der Waals surface area contributed by atoms with E-state index in [1.807, 2.05) is 0 Å². The van der Waals surface area contributed by atoms with Crippen LogP contribution in [0.1, 0.15) is 41.4 Å². The van der Waals surface area contributed by atoms with Gasteiger partial charge in [-0.15, -0.1) is 0 Å². The fourth-order valence-corrected chi connectivity index (χ4v) is 5.06. The molecule has 0 spiro atoms. The fraction of sp³-hybridized carbons (Fsp3) is 0.231. The van der Waals surface area contributed by atoms with Gasteiger partial charge in [0, 0.05) is 5.56 Å². The van der Waals surface area contributed by atoms with Gasteiger partial charge in [0.05, 0.1) is 42.2 Å². The van der Waals surface area contributed by atoms with Crippen LogP contribution in [0.25, 0.3) is 6.08 Å². The van der Waals surface area contributed by atoms with Crippen molar-refractivity contribution in [3.63, 3.8) is 0 Å². The lowest BCUT2D eigenvalue weighted by atomic mass is 9.94. The van der Waals surface area contributed by atoms with Crippen LogP contribution in [0.5, 0.6) is 11.5 Å². The number of hydrogen-bond donors (Lipinski definition) is 1. The number of rotatable bonds is 7. The molecule has 0 fully saturated rings. The molecule has 1 atom stereocenters. The molecule has 1 N–H and O–H groups in total. The van der Waals surface area contributed by atoms with Crippen molar-refractivity contribution in [3.05, 3.63) is 90.1 Å². The van der Waals surface area contributed by atoms with Gasteiger partial charge < -0.3 is 19.3 Å². The number of carboxylic acids is 1. The molecule has 0 bridgehead atoms. The van der Waals surface area contributed by atoms with Gasteiger partial charge in [-0.2, -0.15) is 0 Å². The van der Waals surface area contributed by atoms with Crippen molar-refractivity contribution < 1.29 is 28.9 Å². The minimum Gasteiger partial charge on any atom is -0.497 e. The number of benzene rings is 2. The summed E-state index contributed by atoms with van der Waals surface area (Å²) >= 11 is 1.17. The minimum atomic E-state index is -1.03. The first-order valence-corrected chi connectivity index (χ1v) is 11.9. The van der Waals surface area contributed by atoms with Crippen LogP contribution >= 0.6 is 11.3 Å². The Morgan fingerprint density at radius 1 is 1.14 bits per heavy atom. The largest absolute Gasteiger partial charge is 0.497 e. The molecular formula is C26H24N2O7S. The number of esters is 1. The van der Waals surface area contributed by atoms with Crippen LogP contribution in [0.15, 0.2) is 63.5 Å². The molecule has 10 heteroatoms. The summed E-state index contributed by atoms with van der Waals surface area (Å²) in [6, 6.07) is 10.5. The van der Waals surface area contributed by atoms with Crippen LogP contribution in [0.2, 0.25) is 0 Å². The van der Waals surface area contributed by atoms with Crippen molar-refractivity contribution in [2.45, 2.75) is 19.9 Å². The van der Waals surface area contributed by atoms with Gasteiger partial charge in [-0.1, -0.05) is 23.5 Å². The van der Waals surface area contributed by atoms with E-state index < -0.39 is 18.0 Å². The molecule has 0 radical (unpaired) electrons. The summed E-state index contributed by atoms with van der Waals surface area (Å²) in [7, 11) is 3.04. The second kappa shape index (κ2) is 10.2. The standard InChI is InChI=1S/C26H24N2O7S/c1-5-35-25(32)21-14(2)27-26-28(22(21)18-13-17(33-3)10-11-19(18)34-4)23(29)20(36-26)12-15-6-8-16(9-7-15)24(30)31/h6-13,22H,5H2,1-4H3,(H,30,31)/b20-12-/t22-/m1/s1. The highest BCUT2D eigenvalue weighted by molar-refractivity contribution is 7.07. The maximum Gasteiger partial charge on any atom is 0.338 e. The van der Waals surface area contributed by atoms with Crippen molar-refractivity contribution in [1.29, 1.82) is 0 Å². The van der Waals surface area contributed by atoms with Crippen LogP contribution in [0.3, 0.4) is 0 Å². The zero-order valence-electron chi connectivity index (χ0n) is 20.1. The number of ether oxygens (including phenoxy) is 3. The average molecular weight is 509 g/mol. The van der Waals surface area contributed by atoms with Gasteiger partial charge in [0.1, 0.15) is 17.5 Å². The number of carbonyl (C=O) groups is 2. The van der Waals surface area contributed by atoms with Crippen molar-refractivity contribution in [2.24, 2.45) is 4.99 Å². The molecule has 36 heavy (non-hydrogen) atoms. The van der Waals surface area contributed by atoms with Crippen molar-refractivity contribution in [3.8, 4) is 11.5 Å². The van der Waals surface area contributed by atoms with Crippen molar-refractivity contribution in [1.82, 2.24) is 4.57 Å². The van der Waals surface area contributed by atoms with Crippen LogP contribution in [-0.4, -0.2) is 42.4 Å². The molecule has 4 rings (SSSR count). The molecular weight excluding hydrogens is 484 g/mol. The van der Waals surface area contributed by atoms with Crippen LogP contribution in [-0.2, 0) is 9.53 Å². The highest BCUT2D eigenvalue weighted by atomic mass is 32.1. The Hall–Kier alpha value is -4.18. The Morgan fingerprint density at radius 3 is 2.47 bits per heavy atom. The van der Waals surface area contributed by atoms with Crippen LogP contribution in [0.4, 0.5) is 0 Å². The lowest BCUT2D eigenvalue weighted by Crippen LogP contribution is -2.40. The van der Waals surface area contributed by atoms with Crippen molar-refractivity contribution in [2.75, 3.05) is 20.8 Å². The molecule has 0 aliphatic carbocycles. The maximum atomic E-state index is 13.7. The van der Waals surface area contributed by atoms with E-state index in [0.29, 0.717) is 37.7 Å². The number of hydrogen-bond acceptors (Lipinski definition) is 8. The quantitative estimate of drug-likeness (QED) is 0.488. The Kier molecular flexibility index (Phi) is 7.07. The number of nitrogens with zero attached hydrogens (tertiary/aromatic N) is 2. The zero-order chi connectivity index (χ0) is 26.0. The second-order valence-corrected chi connectivity index (χ2v) is 8.85. The maximum absolute atomic E-state index is 13.7. The molecule has 0 unspecified atom stereocenters. The highest BCUT2D eigenvalue weighted by Crippen LogP contribution is 2.37. The van der Waals surface area contributed by atoms with Gasteiger partial charge in [-0.05, 0) is 55.8 Å². The molecule has 1 aliphatic rings. The smallest absolute Gasteiger partial charge is 0.338 e. The summed E-state index contributed by atoms with van der Waals surface area (Å²) in [4.78, 5) is 42.9. The lowest BCUT2D eigenvalue weighted by molar-refractivity contribution is -0.139. The Labute approximate surface area is 210 Å². The van der Waals surface area contributed by atoms with Gasteiger partial charge in [-0.25, -0.2) is 14.6 Å². The monoisotopic (exact) mass is 508 g/mol. The molecule has 0 saturated carbocycles. The minimum absolute atomic E-state index is 0.147.